The van der Waals surface area contributed by atoms with Crippen molar-refractivity contribution in [3.8, 4) is 5.75 Å². The van der Waals surface area contributed by atoms with Crippen molar-refractivity contribution >= 4 is 15.9 Å². The van der Waals surface area contributed by atoms with Crippen molar-refractivity contribution < 1.29 is 9.13 Å². The summed E-state index contributed by atoms with van der Waals surface area (Å²) in [5.74, 6) is 0.604. The van der Waals surface area contributed by atoms with E-state index in [1.807, 2.05) is 30.3 Å². The predicted molar refractivity (Wildman–Crippen MR) is 69.7 cm³/mol. The molecule has 0 aromatic heterocycles. The Kier molecular flexibility index (Phi) is 4.15. The molecular weight excluding hydrogens is 283 g/mol. The van der Waals surface area contributed by atoms with Gasteiger partial charge in [0, 0.05) is 6.42 Å². The first-order valence-corrected chi connectivity index (χ1v) is 6.17. The lowest BCUT2D eigenvalue weighted by Crippen LogP contribution is -2.01. The first-order chi connectivity index (χ1) is 8.25. The fraction of sp³-hybridized carbons (Fsp3) is 0.143. The molecule has 17 heavy (non-hydrogen) atoms. The lowest BCUT2D eigenvalue weighted by atomic mass is 10.1. The third-order valence-electron chi connectivity index (χ3n) is 2.37. The Morgan fingerprint density at radius 2 is 1.88 bits per heavy atom. The van der Waals surface area contributed by atoms with Crippen LogP contribution >= 0.6 is 15.9 Å². The van der Waals surface area contributed by atoms with Gasteiger partial charge in [0.05, 0.1) is 11.1 Å². The molecule has 0 aliphatic heterocycles. The molecule has 0 N–H and O–H groups in total. The van der Waals surface area contributed by atoms with Gasteiger partial charge in [-0.05, 0) is 45.8 Å². The molecule has 0 radical (unpaired) electrons. The first-order valence-electron chi connectivity index (χ1n) is 5.37. The predicted octanol–water partition coefficient (Wildman–Crippen LogP) is 4.21. The molecule has 88 valence electrons. The molecule has 0 heterocycles. The van der Waals surface area contributed by atoms with E-state index < -0.39 is 0 Å². The minimum atomic E-state index is -0.205. The van der Waals surface area contributed by atoms with Crippen LogP contribution in [0, 0.1) is 5.82 Å². The van der Waals surface area contributed by atoms with E-state index in [0.717, 1.165) is 15.8 Å². The van der Waals surface area contributed by atoms with Crippen LogP contribution in [0.1, 0.15) is 5.56 Å². The summed E-state index contributed by atoms with van der Waals surface area (Å²) < 4.78 is 19.5. The Hall–Kier alpha value is -1.35. The maximum Gasteiger partial charge on any atom is 0.133 e. The van der Waals surface area contributed by atoms with E-state index in [9.17, 15) is 4.39 Å². The molecule has 0 unspecified atom stereocenters. The molecule has 0 saturated heterocycles. The molecule has 0 atom stereocenters. The topological polar surface area (TPSA) is 9.23 Å². The fourth-order valence-electron chi connectivity index (χ4n) is 1.53. The van der Waals surface area contributed by atoms with Crippen molar-refractivity contribution in [1.82, 2.24) is 0 Å². The van der Waals surface area contributed by atoms with Gasteiger partial charge < -0.3 is 4.74 Å². The standard InChI is InChI=1S/C14H12BrFO/c15-13-6-1-2-7-14(13)17-9-8-11-4-3-5-12(16)10-11/h1-7,10H,8-9H2. The Morgan fingerprint density at radius 3 is 2.65 bits per heavy atom. The van der Waals surface area contributed by atoms with Crippen LogP contribution in [-0.2, 0) is 6.42 Å². The summed E-state index contributed by atoms with van der Waals surface area (Å²) in [6.07, 6.45) is 0.694. The van der Waals surface area contributed by atoms with Crippen molar-refractivity contribution in [2.75, 3.05) is 6.61 Å². The fourth-order valence-corrected chi connectivity index (χ4v) is 1.93. The van der Waals surface area contributed by atoms with Gasteiger partial charge in [0.25, 0.3) is 0 Å². The van der Waals surface area contributed by atoms with Crippen LogP contribution < -0.4 is 4.74 Å². The number of para-hydroxylation sites is 1. The number of ether oxygens (including phenoxy) is 1. The number of hydrogen-bond acceptors (Lipinski definition) is 1. The second-order valence-electron chi connectivity index (χ2n) is 3.66. The average molecular weight is 295 g/mol. The zero-order valence-corrected chi connectivity index (χ0v) is 10.8. The highest BCUT2D eigenvalue weighted by molar-refractivity contribution is 9.10. The molecular formula is C14H12BrFO. The van der Waals surface area contributed by atoms with Gasteiger partial charge in [0.15, 0.2) is 0 Å². The quantitative estimate of drug-likeness (QED) is 0.821. The average Bonchev–Trinajstić information content (AvgIpc) is 2.32. The molecule has 0 spiro atoms. The van der Waals surface area contributed by atoms with Gasteiger partial charge in [-0.2, -0.15) is 0 Å². The second kappa shape index (κ2) is 5.82. The third kappa shape index (κ3) is 3.56. The summed E-state index contributed by atoms with van der Waals surface area (Å²) >= 11 is 3.41. The van der Waals surface area contributed by atoms with Crippen molar-refractivity contribution in [2.24, 2.45) is 0 Å². The molecule has 0 amide bonds. The Morgan fingerprint density at radius 1 is 1.06 bits per heavy atom. The molecule has 2 aromatic carbocycles. The van der Waals surface area contributed by atoms with E-state index in [4.69, 9.17) is 4.74 Å². The van der Waals surface area contributed by atoms with Gasteiger partial charge in [-0.1, -0.05) is 24.3 Å². The molecule has 0 aliphatic rings. The molecule has 0 saturated carbocycles. The zero-order chi connectivity index (χ0) is 12.1. The lowest BCUT2D eigenvalue weighted by molar-refractivity contribution is 0.320. The van der Waals surface area contributed by atoms with Crippen LogP contribution in [0.5, 0.6) is 5.75 Å². The highest BCUT2D eigenvalue weighted by Crippen LogP contribution is 2.23. The molecule has 3 heteroatoms. The van der Waals surface area contributed by atoms with Crippen LogP contribution in [0.2, 0.25) is 0 Å². The largest absolute Gasteiger partial charge is 0.492 e. The zero-order valence-electron chi connectivity index (χ0n) is 9.20. The summed E-state index contributed by atoms with van der Waals surface area (Å²) in [6, 6.07) is 14.3. The summed E-state index contributed by atoms with van der Waals surface area (Å²) in [5, 5.41) is 0. The lowest BCUT2D eigenvalue weighted by Gasteiger charge is -2.07. The smallest absolute Gasteiger partial charge is 0.133 e. The Bertz CT molecular complexity index is 499. The molecule has 2 rings (SSSR count). The summed E-state index contributed by atoms with van der Waals surface area (Å²) in [5.41, 5.74) is 0.942. The highest BCUT2D eigenvalue weighted by atomic mass is 79.9. The monoisotopic (exact) mass is 294 g/mol. The SMILES string of the molecule is Fc1cccc(CCOc2ccccc2Br)c1. The minimum Gasteiger partial charge on any atom is -0.492 e. The van der Waals surface area contributed by atoms with Crippen LogP contribution in [0.3, 0.4) is 0 Å². The van der Waals surface area contributed by atoms with Crippen LogP contribution in [-0.4, -0.2) is 6.61 Å². The molecule has 0 aliphatic carbocycles. The third-order valence-corrected chi connectivity index (χ3v) is 3.03. The maximum absolute atomic E-state index is 12.9. The van der Waals surface area contributed by atoms with Crippen molar-refractivity contribution in [2.45, 2.75) is 6.42 Å². The Balaban J connectivity index is 1.90. The number of hydrogen-bond donors (Lipinski definition) is 0. The van der Waals surface area contributed by atoms with Gasteiger partial charge >= 0.3 is 0 Å². The van der Waals surface area contributed by atoms with E-state index in [2.05, 4.69) is 15.9 Å². The summed E-state index contributed by atoms with van der Waals surface area (Å²) in [4.78, 5) is 0. The van der Waals surface area contributed by atoms with E-state index in [-0.39, 0.29) is 5.82 Å². The number of rotatable bonds is 4. The van der Waals surface area contributed by atoms with Gasteiger partial charge in [-0.3, -0.25) is 0 Å². The molecule has 2 aromatic rings. The maximum atomic E-state index is 12.9. The van der Waals surface area contributed by atoms with E-state index in [0.29, 0.717) is 13.0 Å². The van der Waals surface area contributed by atoms with Crippen LogP contribution in [0.25, 0.3) is 0 Å². The van der Waals surface area contributed by atoms with Gasteiger partial charge in [0.2, 0.25) is 0 Å². The number of benzene rings is 2. The summed E-state index contributed by atoms with van der Waals surface area (Å²) in [6.45, 7) is 0.534. The van der Waals surface area contributed by atoms with Gasteiger partial charge in [-0.15, -0.1) is 0 Å². The molecule has 0 fully saturated rings. The minimum absolute atomic E-state index is 0.205. The van der Waals surface area contributed by atoms with Crippen LogP contribution in [0.15, 0.2) is 53.0 Å². The highest BCUT2D eigenvalue weighted by Gasteiger charge is 2.00. The van der Waals surface area contributed by atoms with Crippen molar-refractivity contribution in [3.63, 3.8) is 0 Å². The van der Waals surface area contributed by atoms with Crippen molar-refractivity contribution in [3.05, 3.63) is 64.4 Å². The number of halogens is 2. The van der Waals surface area contributed by atoms with E-state index in [1.54, 1.807) is 6.07 Å². The second-order valence-corrected chi connectivity index (χ2v) is 4.51. The normalized spacial score (nSPS) is 10.2. The van der Waals surface area contributed by atoms with Crippen LogP contribution in [0.4, 0.5) is 4.39 Å². The molecule has 0 bridgehead atoms. The van der Waals surface area contributed by atoms with E-state index >= 15 is 0 Å². The summed E-state index contributed by atoms with van der Waals surface area (Å²) in [7, 11) is 0. The van der Waals surface area contributed by atoms with Crippen molar-refractivity contribution in [1.29, 1.82) is 0 Å². The molecule has 1 nitrogen and oxygen atoms in total. The van der Waals surface area contributed by atoms with E-state index in [1.165, 1.54) is 12.1 Å². The van der Waals surface area contributed by atoms with Gasteiger partial charge in [0.1, 0.15) is 11.6 Å². The first kappa shape index (κ1) is 12.1. The Labute approximate surface area is 108 Å². The van der Waals surface area contributed by atoms with Gasteiger partial charge in [-0.25, -0.2) is 4.39 Å².